The molecule has 23 heavy (non-hydrogen) atoms. The van der Waals surface area contributed by atoms with Gasteiger partial charge in [-0.3, -0.25) is 14.8 Å². The first-order valence-electron chi connectivity index (χ1n) is 6.30. The fourth-order valence-corrected chi connectivity index (χ4v) is 2.53. The molecular formula is C14H11F3N2O3S. The molecule has 0 bridgehead atoms. The maximum absolute atomic E-state index is 12.4. The molecule has 0 unspecified atom stereocenters. The summed E-state index contributed by atoms with van der Waals surface area (Å²) in [5, 5.41) is 11.0. The Morgan fingerprint density at radius 2 is 1.57 bits per heavy atom. The van der Waals surface area contributed by atoms with Gasteiger partial charge in [0, 0.05) is 6.54 Å². The summed E-state index contributed by atoms with van der Waals surface area (Å²) in [4.78, 5) is 23.5. The normalized spacial score (nSPS) is 11.1. The minimum atomic E-state index is -4.40. The number of rotatable bonds is 4. The molecule has 0 saturated carbocycles. The van der Waals surface area contributed by atoms with Crippen molar-refractivity contribution in [3.8, 4) is 0 Å². The lowest BCUT2D eigenvalue weighted by atomic mass is 10.1. The van der Waals surface area contributed by atoms with Gasteiger partial charge in [0.05, 0.1) is 15.3 Å². The van der Waals surface area contributed by atoms with Crippen molar-refractivity contribution >= 4 is 23.2 Å². The minimum absolute atomic E-state index is 0.0520. The van der Waals surface area contributed by atoms with Crippen molar-refractivity contribution in [2.45, 2.75) is 12.7 Å². The first-order valence-corrected chi connectivity index (χ1v) is 7.11. The van der Waals surface area contributed by atoms with Gasteiger partial charge in [0.25, 0.3) is 11.8 Å². The number of thiophene rings is 1. The van der Waals surface area contributed by atoms with Gasteiger partial charge in [-0.2, -0.15) is 13.2 Å². The van der Waals surface area contributed by atoms with Gasteiger partial charge < -0.3 is 5.32 Å². The molecule has 1 heterocycles. The molecule has 1 aromatic heterocycles. The molecule has 0 saturated heterocycles. The number of hydrogen-bond acceptors (Lipinski definition) is 4. The molecular weight excluding hydrogens is 333 g/mol. The van der Waals surface area contributed by atoms with Gasteiger partial charge >= 0.3 is 6.18 Å². The third kappa shape index (κ3) is 4.30. The highest BCUT2D eigenvalue weighted by molar-refractivity contribution is 7.15. The van der Waals surface area contributed by atoms with Crippen LogP contribution < -0.4 is 10.8 Å². The Morgan fingerprint density at radius 1 is 1.00 bits per heavy atom. The van der Waals surface area contributed by atoms with Crippen LogP contribution in [0.2, 0.25) is 0 Å². The highest BCUT2D eigenvalue weighted by Gasteiger charge is 2.29. The van der Waals surface area contributed by atoms with Crippen molar-refractivity contribution < 1.29 is 28.0 Å². The van der Waals surface area contributed by atoms with Crippen molar-refractivity contribution in [1.82, 2.24) is 10.8 Å². The van der Waals surface area contributed by atoms with E-state index in [4.69, 9.17) is 5.21 Å². The molecule has 1 aromatic carbocycles. The van der Waals surface area contributed by atoms with Crippen LogP contribution in [-0.2, 0) is 12.7 Å². The number of hydroxylamine groups is 1. The number of alkyl halides is 3. The number of nitrogens with one attached hydrogen (secondary N) is 2. The van der Waals surface area contributed by atoms with Crippen molar-refractivity contribution in [3.63, 3.8) is 0 Å². The molecule has 0 aliphatic rings. The molecule has 2 rings (SSSR count). The van der Waals surface area contributed by atoms with E-state index in [0.29, 0.717) is 5.56 Å². The summed E-state index contributed by atoms with van der Waals surface area (Å²) < 4.78 is 37.3. The lowest BCUT2D eigenvalue weighted by Gasteiger charge is -2.08. The molecule has 0 spiro atoms. The SMILES string of the molecule is O=C(NO)c1ccc(C(=O)NCc2ccc(C(F)(F)F)cc2)s1. The van der Waals surface area contributed by atoms with Gasteiger partial charge in [0.1, 0.15) is 0 Å². The van der Waals surface area contributed by atoms with E-state index in [-0.39, 0.29) is 16.3 Å². The first-order chi connectivity index (χ1) is 10.8. The molecule has 0 radical (unpaired) electrons. The monoisotopic (exact) mass is 344 g/mol. The topological polar surface area (TPSA) is 78.4 Å². The van der Waals surface area contributed by atoms with Gasteiger partial charge in [-0.15, -0.1) is 11.3 Å². The number of halogens is 3. The molecule has 0 aliphatic carbocycles. The zero-order valence-corrected chi connectivity index (χ0v) is 12.3. The summed E-state index contributed by atoms with van der Waals surface area (Å²) in [5.74, 6) is -1.19. The number of carbonyl (C=O) groups excluding carboxylic acids is 2. The Morgan fingerprint density at radius 3 is 2.09 bits per heavy atom. The van der Waals surface area contributed by atoms with Gasteiger partial charge in [-0.1, -0.05) is 12.1 Å². The summed E-state index contributed by atoms with van der Waals surface area (Å²) in [6, 6.07) is 7.23. The number of carbonyl (C=O) groups is 2. The molecule has 5 nitrogen and oxygen atoms in total. The Balaban J connectivity index is 1.96. The average molecular weight is 344 g/mol. The molecule has 2 amide bonds. The van der Waals surface area contributed by atoms with Crippen LogP contribution in [0.25, 0.3) is 0 Å². The van der Waals surface area contributed by atoms with Crippen LogP contribution in [0, 0.1) is 0 Å². The van der Waals surface area contributed by atoms with E-state index >= 15 is 0 Å². The van der Waals surface area contributed by atoms with Gasteiger partial charge in [-0.25, -0.2) is 5.48 Å². The van der Waals surface area contributed by atoms with Crippen LogP contribution in [0.1, 0.15) is 30.5 Å². The molecule has 3 N–H and O–H groups in total. The van der Waals surface area contributed by atoms with E-state index in [1.54, 1.807) is 0 Å². The summed E-state index contributed by atoms with van der Waals surface area (Å²) in [7, 11) is 0. The lowest BCUT2D eigenvalue weighted by Crippen LogP contribution is -2.22. The zero-order valence-electron chi connectivity index (χ0n) is 11.5. The van der Waals surface area contributed by atoms with Gasteiger partial charge in [-0.05, 0) is 29.8 Å². The molecule has 0 fully saturated rings. The predicted octanol–water partition coefficient (Wildman–Crippen LogP) is 2.82. The van der Waals surface area contributed by atoms with Crippen LogP contribution in [0.3, 0.4) is 0 Å². The van der Waals surface area contributed by atoms with Gasteiger partial charge in [0.15, 0.2) is 0 Å². The highest BCUT2D eigenvalue weighted by atomic mass is 32.1. The smallest absolute Gasteiger partial charge is 0.347 e. The van der Waals surface area contributed by atoms with Crippen molar-refractivity contribution in [2.75, 3.05) is 0 Å². The molecule has 2 aromatic rings. The van der Waals surface area contributed by atoms with E-state index in [2.05, 4.69) is 5.32 Å². The van der Waals surface area contributed by atoms with Crippen molar-refractivity contribution in [1.29, 1.82) is 0 Å². The number of amides is 2. The van der Waals surface area contributed by atoms with Crippen LogP contribution in [0.15, 0.2) is 36.4 Å². The first kappa shape index (κ1) is 17.0. The Bertz CT molecular complexity index is 711. The summed E-state index contributed by atoms with van der Waals surface area (Å²) in [6.45, 7) is 0.0520. The van der Waals surface area contributed by atoms with Crippen molar-refractivity contribution in [3.05, 3.63) is 57.3 Å². The van der Waals surface area contributed by atoms with Gasteiger partial charge in [0.2, 0.25) is 0 Å². The fourth-order valence-electron chi connectivity index (χ4n) is 1.72. The lowest BCUT2D eigenvalue weighted by molar-refractivity contribution is -0.137. The third-order valence-electron chi connectivity index (χ3n) is 2.89. The molecule has 0 aliphatic heterocycles. The van der Waals surface area contributed by atoms with E-state index in [9.17, 15) is 22.8 Å². The molecule has 0 atom stereocenters. The second kappa shape index (κ2) is 6.80. The second-order valence-electron chi connectivity index (χ2n) is 4.48. The second-order valence-corrected chi connectivity index (χ2v) is 5.57. The largest absolute Gasteiger partial charge is 0.416 e. The Kier molecular flexibility index (Phi) is 5.02. The molecule has 9 heteroatoms. The van der Waals surface area contributed by atoms with Crippen LogP contribution >= 0.6 is 11.3 Å². The fraction of sp³-hybridized carbons (Fsp3) is 0.143. The standard InChI is InChI=1S/C14H11F3N2O3S/c15-14(16,17)9-3-1-8(2-4-9)7-18-12(20)10-5-6-11(23-10)13(21)19-22/h1-6,22H,7H2,(H,18,20)(H,19,21). The maximum atomic E-state index is 12.4. The van der Waals surface area contributed by atoms with E-state index < -0.39 is 23.6 Å². The van der Waals surface area contributed by atoms with E-state index in [0.717, 1.165) is 23.5 Å². The summed E-state index contributed by atoms with van der Waals surface area (Å²) >= 11 is 0.882. The third-order valence-corrected chi connectivity index (χ3v) is 3.97. The summed E-state index contributed by atoms with van der Waals surface area (Å²) in [6.07, 6.45) is -4.40. The molecule has 122 valence electrons. The quantitative estimate of drug-likeness (QED) is 0.589. The number of hydrogen-bond donors (Lipinski definition) is 3. The van der Waals surface area contributed by atoms with Crippen LogP contribution in [0.5, 0.6) is 0 Å². The maximum Gasteiger partial charge on any atom is 0.416 e. The predicted molar refractivity (Wildman–Crippen MR) is 76.2 cm³/mol. The van der Waals surface area contributed by atoms with E-state index in [1.807, 2.05) is 0 Å². The van der Waals surface area contributed by atoms with E-state index in [1.165, 1.54) is 29.7 Å². The average Bonchev–Trinajstić information content (AvgIpc) is 3.01. The van der Waals surface area contributed by atoms with Crippen molar-refractivity contribution in [2.24, 2.45) is 0 Å². The van der Waals surface area contributed by atoms with Crippen LogP contribution in [-0.4, -0.2) is 17.0 Å². The zero-order chi connectivity index (χ0) is 17.0. The highest BCUT2D eigenvalue weighted by Crippen LogP contribution is 2.29. The Hall–Kier alpha value is -2.39. The summed E-state index contributed by atoms with van der Waals surface area (Å²) in [5.41, 5.74) is 1.21. The number of benzene rings is 1. The minimum Gasteiger partial charge on any atom is -0.347 e. The Labute approximate surface area is 132 Å². The van der Waals surface area contributed by atoms with Crippen LogP contribution in [0.4, 0.5) is 13.2 Å².